The van der Waals surface area contributed by atoms with Crippen LogP contribution in [0.25, 0.3) is 15.2 Å². The van der Waals surface area contributed by atoms with E-state index in [4.69, 9.17) is 0 Å². The van der Waals surface area contributed by atoms with E-state index in [1.165, 1.54) is 17.5 Å². The number of fused-ring (bicyclic) bond motifs is 3. The third-order valence-corrected chi connectivity index (χ3v) is 5.01. The van der Waals surface area contributed by atoms with Crippen molar-refractivity contribution in [2.24, 2.45) is 5.92 Å². The van der Waals surface area contributed by atoms with Crippen LogP contribution in [0.5, 0.6) is 0 Å². The maximum Gasteiger partial charge on any atom is 0.195 e. The number of imidazole rings is 1. The van der Waals surface area contributed by atoms with Gasteiger partial charge in [0.25, 0.3) is 0 Å². The number of carbonyl (C=O) groups excluding carboxylic acids is 1. The van der Waals surface area contributed by atoms with Crippen molar-refractivity contribution in [1.29, 1.82) is 0 Å². The molecular formula is C15H14N2OS. The minimum Gasteiger partial charge on any atom is -0.292 e. The van der Waals surface area contributed by atoms with Crippen LogP contribution in [0.3, 0.4) is 0 Å². The van der Waals surface area contributed by atoms with Crippen LogP contribution in [0.4, 0.5) is 0 Å². The highest BCUT2D eigenvalue weighted by Crippen LogP contribution is 2.30. The van der Waals surface area contributed by atoms with Crippen molar-refractivity contribution < 1.29 is 4.79 Å². The summed E-state index contributed by atoms with van der Waals surface area (Å²) in [5.41, 5.74) is 1.78. The lowest BCUT2D eigenvalue weighted by atomic mass is 10.0. The highest BCUT2D eigenvalue weighted by atomic mass is 32.1. The predicted molar refractivity (Wildman–Crippen MR) is 76.9 cm³/mol. The number of ketones is 1. The molecule has 0 unspecified atom stereocenters. The van der Waals surface area contributed by atoms with Gasteiger partial charge in [-0.1, -0.05) is 36.3 Å². The van der Waals surface area contributed by atoms with Crippen LogP contribution in [0.2, 0.25) is 0 Å². The van der Waals surface area contributed by atoms with Crippen LogP contribution in [0.15, 0.2) is 30.5 Å². The number of hydrogen-bond acceptors (Lipinski definition) is 3. The van der Waals surface area contributed by atoms with Gasteiger partial charge in [0.05, 0.1) is 10.2 Å². The first kappa shape index (κ1) is 11.2. The Morgan fingerprint density at radius 3 is 2.89 bits per heavy atom. The van der Waals surface area contributed by atoms with Gasteiger partial charge in [-0.2, -0.15) is 0 Å². The Morgan fingerprint density at radius 2 is 2.05 bits per heavy atom. The van der Waals surface area contributed by atoms with Gasteiger partial charge in [-0.05, 0) is 25.0 Å². The van der Waals surface area contributed by atoms with E-state index in [2.05, 4.69) is 17.1 Å². The molecule has 0 N–H and O–H groups in total. The minimum absolute atomic E-state index is 0.205. The SMILES string of the molecule is O=C(c1cn2c(n1)sc1ccccc12)C1CCCC1. The average molecular weight is 270 g/mol. The van der Waals surface area contributed by atoms with E-state index in [0.29, 0.717) is 5.69 Å². The fourth-order valence-electron chi connectivity index (χ4n) is 2.96. The molecule has 0 atom stereocenters. The molecule has 2 heterocycles. The Labute approximate surface area is 114 Å². The molecule has 0 radical (unpaired) electrons. The van der Waals surface area contributed by atoms with E-state index in [9.17, 15) is 4.79 Å². The summed E-state index contributed by atoms with van der Waals surface area (Å²) in [6, 6.07) is 8.22. The van der Waals surface area contributed by atoms with E-state index >= 15 is 0 Å². The molecule has 3 nitrogen and oxygen atoms in total. The molecule has 96 valence electrons. The number of aromatic nitrogens is 2. The zero-order valence-corrected chi connectivity index (χ0v) is 11.3. The molecule has 0 aliphatic heterocycles. The van der Waals surface area contributed by atoms with Crippen LogP contribution in [-0.4, -0.2) is 15.2 Å². The van der Waals surface area contributed by atoms with Gasteiger partial charge in [0.1, 0.15) is 5.69 Å². The molecule has 0 amide bonds. The van der Waals surface area contributed by atoms with Crippen molar-refractivity contribution in [2.75, 3.05) is 0 Å². The van der Waals surface area contributed by atoms with Gasteiger partial charge in [-0.15, -0.1) is 0 Å². The van der Waals surface area contributed by atoms with E-state index in [-0.39, 0.29) is 11.7 Å². The summed E-state index contributed by atoms with van der Waals surface area (Å²) in [4.78, 5) is 17.8. The second-order valence-electron chi connectivity index (χ2n) is 5.19. The van der Waals surface area contributed by atoms with Gasteiger partial charge in [0.15, 0.2) is 10.7 Å². The standard InChI is InChI=1S/C15H14N2OS/c18-14(10-5-1-2-6-10)11-9-17-12-7-3-4-8-13(12)19-15(17)16-11/h3-4,7-10H,1-2,5-6H2. The molecule has 1 aliphatic carbocycles. The Balaban J connectivity index is 1.81. The molecule has 1 aliphatic rings. The largest absolute Gasteiger partial charge is 0.292 e. The fourth-order valence-corrected chi connectivity index (χ4v) is 3.97. The van der Waals surface area contributed by atoms with Crippen LogP contribution in [-0.2, 0) is 0 Å². The Hall–Kier alpha value is -1.68. The van der Waals surface area contributed by atoms with Gasteiger partial charge in [-0.25, -0.2) is 4.98 Å². The number of thiazole rings is 1. The third-order valence-electron chi connectivity index (χ3n) is 3.98. The molecule has 19 heavy (non-hydrogen) atoms. The van der Waals surface area contributed by atoms with Gasteiger partial charge < -0.3 is 0 Å². The van der Waals surface area contributed by atoms with E-state index in [1.807, 2.05) is 22.7 Å². The third kappa shape index (κ3) is 1.70. The summed E-state index contributed by atoms with van der Waals surface area (Å²) in [5.74, 6) is 0.438. The van der Waals surface area contributed by atoms with Crippen LogP contribution < -0.4 is 0 Å². The first-order chi connectivity index (χ1) is 9.33. The van der Waals surface area contributed by atoms with E-state index in [1.54, 1.807) is 11.3 Å². The van der Waals surface area contributed by atoms with Gasteiger partial charge >= 0.3 is 0 Å². The topological polar surface area (TPSA) is 34.4 Å². The maximum absolute atomic E-state index is 12.4. The number of hydrogen-bond donors (Lipinski definition) is 0. The van der Waals surface area contributed by atoms with Crippen LogP contribution >= 0.6 is 11.3 Å². The van der Waals surface area contributed by atoms with Crippen molar-refractivity contribution >= 4 is 32.3 Å². The van der Waals surface area contributed by atoms with Crippen molar-refractivity contribution in [2.45, 2.75) is 25.7 Å². The summed E-state index contributed by atoms with van der Waals surface area (Å²) in [7, 11) is 0. The van der Waals surface area contributed by atoms with Crippen LogP contribution in [0.1, 0.15) is 36.2 Å². The zero-order chi connectivity index (χ0) is 12.8. The van der Waals surface area contributed by atoms with Crippen molar-refractivity contribution in [3.63, 3.8) is 0 Å². The van der Waals surface area contributed by atoms with Crippen molar-refractivity contribution in [3.8, 4) is 0 Å². The molecule has 1 fully saturated rings. The van der Waals surface area contributed by atoms with E-state index in [0.717, 1.165) is 23.3 Å². The second kappa shape index (κ2) is 4.17. The number of carbonyl (C=O) groups is 1. The van der Waals surface area contributed by atoms with Crippen LogP contribution in [0, 0.1) is 5.92 Å². The first-order valence-electron chi connectivity index (χ1n) is 6.74. The van der Waals surface area contributed by atoms with E-state index < -0.39 is 0 Å². The zero-order valence-electron chi connectivity index (χ0n) is 10.5. The first-order valence-corrected chi connectivity index (χ1v) is 7.55. The van der Waals surface area contributed by atoms with Gasteiger partial charge in [0.2, 0.25) is 0 Å². The molecule has 0 spiro atoms. The van der Waals surface area contributed by atoms with Gasteiger partial charge in [-0.3, -0.25) is 9.20 Å². The molecule has 3 aromatic rings. The Bertz CT molecular complexity index is 765. The molecule has 0 bridgehead atoms. The smallest absolute Gasteiger partial charge is 0.195 e. The lowest BCUT2D eigenvalue weighted by molar-refractivity contribution is 0.0918. The summed E-state index contributed by atoms with van der Waals surface area (Å²) in [6.45, 7) is 0. The lowest BCUT2D eigenvalue weighted by Crippen LogP contribution is -2.11. The molecule has 4 heteroatoms. The van der Waals surface area contributed by atoms with Crippen molar-refractivity contribution in [1.82, 2.24) is 9.38 Å². The normalized spacial score (nSPS) is 16.6. The summed E-state index contributed by atoms with van der Waals surface area (Å²) in [6.07, 6.45) is 6.34. The average Bonchev–Trinajstić information content (AvgIpc) is 3.13. The molecule has 0 saturated heterocycles. The minimum atomic E-state index is 0.205. The summed E-state index contributed by atoms with van der Waals surface area (Å²) >= 11 is 1.64. The monoisotopic (exact) mass is 270 g/mol. The number of para-hydroxylation sites is 1. The molecule has 4 rings (SSSR count). The molecule has 1 aromatic carbocycles. The number of nitrogens with zero attached hydrogens (tertiary/aromatic N) is 2. The lowest BCUT2D eigenvalue weighted by Gasteiger charge is -2.03. The second-order valence-corrected chi connectivity index (χ2v) is 6.20. The fraction of sp³-hybridized carbons (Fsp3) is 0.333. The maximum atomic E-state index is 12.4. The Kier molecular flexibility index (Phi) is 2.45. The number of Topliss-reactive ketones (excluding diaryl/α,β-unsaturated/α-hetero) is 1. The number of benzene rings is 1. The summed E-state index contributed by atoms with van der Waals surface area (Å²) < 4.78 is 3.26. The highest BCUT2D eigenvalue weighted by molar-refractivity contribution is 7.23. The Morgan fingerprint density at radius 1 is 1.26 bits per heavy atom. The van der Waals surface area contributed by atoms with Gasteiger partial charge in [0, 0.05) is 12.1 Å². The molecule has 1 saturated carbocycles. The highest BCUT2D eigenvalue weighted by Gasteiger charge is 2.26. The predicted octanol–water partition coefficient (Wildman–Crippen LogP) is 3.92. The molecule has 2 aromatic heterocycles. The summed E-state index contributed by atoms with van der Waals surface area (Å²) in [5, 5.41) is 0. The quantitative estimate of drug-likeness (QED) is 0.661. The molecular weight excluding hydrogens is 256 g/mol. The number of rotatable bonds is 2. The van der Waals surface area contributed by atoms with Crippen molar-refractivity contribution in [3.05, 3.63) is 36.2 Å².